The van der Waals surface area contributed by atoms with Gasteiger partial charge in [0.1, 0.15) is 0 Å². The molecular formula is C19H23N3O2. The fourth-order valence-corrected chi connectivity index (χ4v) is 2.32. The first-order valence-electron chi connectivity index (χ1n) is 7.88. The highest BCUT2D eigenvalue weighted by Gasteiger charge is 2.08. The Bertz CT molecular complexity index is 709. The maximum atomic E-state index is 12.0. The SMILES string of the molecule is CN(C)C(=O)c1ccc(CNC(=O)CCc2ccccc2N)cc1. The van der Waals surface area contributed by atoms with E-state index in [9.17, 15) is 9.59 Å². The van der Waals surface area contributed by atoms with Gasteiger partial charge in [0.2, 0.25) is 5.91 Å². The van der Waals surface area contributed by atoms with Crippen molar-refractivity contribution in [3.63, 3.8) is 0 Å². The number of benzene rings is 2. The maximum absolute atomic E-state index is 12.0. The lowest BCUT2D eigenvalue weighted by molar-refractivity contribution is -0.121. The fourth-order valence-electron chi connectivity index (χ4n) is 2.32. The minimum absolute atomic E-state index is 0.0216. The van der Waals surface area contributed by atoms with E-state index in [2.05, 4.69) is 5.32 Å². The largest absolute Gasteiger partial charge is 0.399 e. The lowest BCUT2D eigenvalue weighted by Gasteiger charge is -2.11. The monoisotopic (exact) mass is 325 g/mol. The lowest BCUT2D eigenvalue weighted by atomic mass is 10.1. The zero-order valence-electron chi connectivity index (χ0n) is 14.1. The van der Waals surface area contributed by atoms with E-state index in [4.69, 9.17) is 5.73 Å². The molecule has 0 spiro atoms. The van der Waals surface area contributed by atoms with Crippen molar-refractivity contribution in [2.24, 2.45) is 0 Å². The second-order valence-corrected chi connectivity index (χ2v) is 5.87. The molecule has 0 aliphatic heterocycles. The van der Waals surface area contributed by atoms with Crippen LogP contribution in [0.25, 0.3) is 0 Å². The topological polar surface area (TPSA) is 75.4 Å². The molecule has 2 aromatic rings. The molecule has 2 aromatic carbocycles. The van der Waals surface area contributed by atoms with Crippen molar-refractivity contribution in [1.29, 1.82) is 0 Å². The highest BCUT2D eigenvalue weighted by molar-refractivity contribution is 5.93. The molecule has 0 heterocycles. The summed E-state index contributed by atoms with van der Waals surface area (Å²) in [6, 6.07) is 14.8. The molecule has 2 amide bonds. The Morgan fingerprint density at radius 1 is 1.04 bits per heavy atom. The quantitative estimate of drug-likeness (QED) is 0.800. The summed E-state index contributed by atoms with van der Waals surface area (Å²) in [4.78, 5) is 25.3. The van der Waals surface area contributed by atoms with Gasteiger partial charge in [-0.15, -0.1) is 0 Å². The van der Waals surface area contributed by atoms with Gasteiger partial charge < -0.3 is 16.0 Å². The summed E-state index contributed by atoms with van der Waals surface area (Å²) in [5, 5.41) is 2.89. The molecule has 0 atom stereocenters. The molecule has 0 aromatic heterocycles. The highest BCUT2D eigenvalue weighted by Crippen LogP contribution is 2.12. The smallest absolute Gasteiger partial charge is 0.253 e. The molecule has 0 saturated carbocycles. The van der Waals surface area contributed by atoms with Gasteiger partial charge in [0.05, 0.1) is 0 Å². The highest BCUT2D eigenvalue weighted by atomic mass is 16.2. The molecule has 0 aliphatic rings. The summed E-state index contributed by atoms with van der Waals surface area (Å²) < 4.78 is 0. The number of carbonyl (C=O) groups excluding carboxylic acids is 2. The van der Waals surface area contributed by atoms with Crippen LogP contribution in [0.4, 0.5) is 5.69 Å². The van der Waals surface area contributed by atoms with Gasteiger partial charge >= 0.3 is 0 Å². The van der Waals surface area contributed by atoms with Crippen LogP contribution in [0.1, 0.15) is 27.9 Å². The number of aryl methyl sites for hydroxylation is 1. The molecule has 0 radical (unpaired) electrons. The first kappa shape index (κ1) is 17.5. The molecule has 2 rings (SSSR count). The number of nitrogens with one attached hydrogen (secondary N) is 1. The van der Waals surface area contributed by atoms with Crippen LogP contribution in [0.5, 0.6) is 0 Å². The van der Waals surface area contributed by atoms with Crippen LogP contribution in [-0.4, -0.2) is 30.8 Å². The molecule has 24 heavy (non-hydrogen) atoms. The molecule has 0 unspecified atom stereocenters. The zero-order chi connectivity index (χ0) is 17.5. The van der Waals surface area contributed by atoms with Crippen molar-refractivity contribution in [2.45, 2.75) is 19.4 Å². The van der Waals surface area contributed by atoms with Crippen molar-refractivity contribution in [3.8, 4) is 0 Å². The van der Waals surface area contributed by atoms with Gasteiger partial charge in [-0.2, -0.15) is 0 Å². The molecular weight excluding hydrogens is 302 g/mol. The number of rotatable bonds is 6. The minimum atomic E-state index is -0.0361. The van der Waals surface area contributed by atoms with Crippen molar-refractivity contribution in [1.82, 2.24) is 10.2 Å². The Morgan fingerprint density at radius 2 is 1.71 bits per heavy atom. The summed E-state index contributed by atoms with van der Waals surface area (Å²) in [5.41, 5.74) is 9.16. The van der Waals surface area contributed by atoms with E-state index in [1.165, 1.54) is 4.90 Å². The van der Waals surface area contributed by atoms with Crippen LogP contribution in [0, 0.1) is 0 Å². The Morgan fingerprint density at radius 3 is 2.33 bits per heavy atom. The van der Waals surface area contributed by atoms with E-state index in [1.54, 1.807) is 26.2 Å². The number of nitrogens with two attached hydrogens (primary N) is 1. The lowest BCUT2D eigenvalue weighted by Crippen LogP contribution is -2.23. The second kappa shape index (κ2) is 8.15. The normalized spacial score (nSPS) is 10.2. The predicted octanol–water partition coefficient (Wildman–Crippen LogP) is 2.22. The summed E-state index contributed by atoms with van der Waals surface area (Å²) in [6.07, 6.45) is 1.01. The molecule has 0 fully saturated rings. The third-order valence-corrected chi connectivity index (χ3v) is 3.77. The van der Waals surface area contributed by atoms with Gasteiger partial charge in [0, 0.05) is 38.3 Å². The maximum Gasteiger partial charge on any atom is 0.253 e. The molecule has 126 valence electrons. The van der Waals surface area contributed by atoms with Crippen molar-refractivity contribution in [3.05, 3.63) is 65.2 Å². The van der Waals surface area contributed by atoms with E-state index in [0.29, 0.717) is 30.6 Å². The van der Waals surface area contributed by atoms with E-state index in [-0.39, 0.29) is 11.8 Å². The van der Waals surface area contributed by atoms with Crippen LogP contribution >= 0.6 is 0 Å². The van der Waals surface area contributed by atoms with E-state index in [1.807, 2.05) is 36.4 Å². The van der Waals surface area contributed by atoms with Gasteiger partial charge in [-0.25, -0.2) is 0 Å². The summed E-state index contributed by atoms with van der Waals surface area (Å²) in [6.45, 7) is 0.444. The number of anilines is 1. The molecule has 0 saturated heterocycles. The molecule has 0 bridgehead atoms. The summed E-state index contributed by atoms with van der Waals surface area (Å²) in [7, 11) is 3.44. The number of nitrogen functional groups attached to an aromatic ring is 1. The molecule has 0 aliphatic carbocycles. The van der Waals surface area contributed by atoms with Crippen molar-refractivity contribution >= 4 is 17.5 Å². The van der Waals surface area contributed by atoms with E-state index < -0.39 is 0 Å². The average molecular weight is 325 g/mol. The second-order valence-electron chi connectivity index (χ2n) is 5.87. The first-order chi connectivity index (χ1) is 11.5. The zero-order valence-corrected chi connectivity index (χ0v) is 14.1. The number of carbonyl (C=O) groups is 2. The van der Waals surface area contributed by atoms with Gasteiger partial charge in [0.25, 0.3) is 5.91 Å². The number of amides is 2. The van der Waals surface area contributed by atoms with Crippen LogP contribution in [0.2, 0.25) is 0 Å². The van der Waals surface area contributed by atoms with Gasteiger partial charge in [-0.1, -0.05) is 30.3 Å². The molecule has 5 nitrogen and oxygen atoms in total. The standard InChI is InChI=1S/C19H23N3O2/c1-22(2)19(24)16-9-7-14(8-10-16)13-21-18(23)12-11-15-5-3-4-6-17(15)20/h3-10H,11-13,20H2,1-2H3,(H,21,23). The third kappa shape index (κ3) is 4.84. The van der Waals surface area contributed by atoms with Crippen LogP contribution < -0.4 is 11.1 Å². The average Bonchev–Trinajstić information content (AvgIpc) is 2.59. The Kier molecular flexibility index (Phi) is 5.95. The number of para-hydroxylation sites is 1. The van der Waals surface area contributed by atoms with Crippen molar-refractivity contribution in [2.75, 3.05) is 19.8 Å². The third-order valence-electron chi connectivity index (χ3n) is 3.77. The number of hydrogen-bond donors (Lipinski definition) is 2. The number of nitrogens with zero attached hydrogens (tertiary/aromatic N) is 1. The first-order valence-corrected chi connectivity index (χ1v) is 7.88. The molecule has 3 N–H and O–H groups in total. The summed E-state index contributed by atoms with van der Waals surface area (Å²) >= 11 is 0. The van der Waals surface area contributed by atoms with Crippen LogP contribution in [-0.2, 0) is 17.8 Å². The van der Waals surface area contributed by atoms with E-state index in [0.717, 1.165) is 11.1 Å². The van der Waals surface area contributed by atoms with E-state index >= 15 is 0 Å². The Labute approximate surface area is 142 Å². The minimum Gasteiger partial charge on any atom is -0.399 e. The predicted molar refractivity (Wildman–Crippen MR) is 95.5 cm³/mol. The van der Waals surface area contributed by atoms with Crippen molar-refractivity contribution < 1.29 is 9.59 Å². The summed E-state index contributed by atoms with van der Waals surface area (Å²) in [5.74, 6) is -0.0577. The van der Waals surface area contributed by atoms with Gasteiger partial charge in [0.15, 0.2) is 0 Å². The Balaban J connectivity index is 1.81. The van der Waals surface area contributed by atoms with Gasteiger partial charge in [-0.3, -0.25) is 9.59 Å². The molecule has 5 heteroatoms. The van der Waals surface area contributed by atoms with Crippen LogP contribution in [0.3, 0.4) is 0 Å². The number of hydrogen-bond acceptors (Lipinski definition) is 3. The van der Waals surface area contributed by atoms with Gasteiger partial charge in [-0.05, 0) is 35.7 Å². The Hall–Kier alpha value is -2.82. The van der Waals surface area contributed by atoms with Crippen LogP contribution in [0.15, 0.2) is 48.5 Å². The fraction of sp³-hybridized carbons (Fsp3) is 0.263.